The highest BCUT2D eigenvalue weighted by Gasteiger charge is 2.31. The zero-order valence-corrected chi connectivity index (χ0v) is 12.3. The second-order valence-corrected chi connectivity index (χ2v) is 5.89. The molecule has 0 fully saturated rings. The molecular formula is C13H16N4O2S. The lowest BCUT2D eigenvalue weighted by Crippen LogP contribution is -2.31. The number of anilines is 1. The van der Waals surface area contributed by atoms with Gasteiger partial charge < -0.3 is 4.90 Å². The Balaban J connectivity index is 2.03. The molecule has 0 saturated carbocycles. The third-order valence-corrected chi connectivity index (χ3v) is 4.71. The first kappa shape index (κ1) is 13.1. The summed E-state index contributed by atoms with van der Waals surface area (Å²) in [6.45, 7) is 3.42. The minimum absolute atomic E-state index is 0.161. The number of aryl methyl sites for hydroxylation is 2. The van der Waals surface area contributed by atoms with Crippen molar-refractivity contribution in [1.82, 2.24) is 9.78 Å². The Bertz CT molecular complexity index is 661. The smallest absolute Gasteiger partial charge is 0.334 e. The molecule has 0 amide bonds. The number of aromatic nitrogens is 2. The van der Waals surface area contributed by atoms with Crippen LogP contribution >= 0.6 is 11.3 Å². The summed E-state index contributed by atoms with van der Waals surface area (Å²) < 4.78 is 1.65. The zero-order chi connectivity index (χ0) is 14.3. The van der Waals surface area contributed by atoms with E-state index in [9.17, 15) is 10.1 Å². The van der Waals surface area contributed by atoms with Crippen molar-refractivity contribution in [2.24, 2.45) is 7.05 Å². The van der Waals surface area contributed by atoms with Crippen LogP contribution in [0.4, 0.5) is 11.5 Å². The van der Waals surface area contributed by atoms with Gasteiger partial charge in [-0.25, -0.2) is 4.68 Å². The number of thiophene rings is 1. The van der Waals surface area contributed by atoms with Gasteiger partial charge in [0.05, 0.1) is 4.92 Å². The van der Waals surface area contributed by atoms with Crippen molar-refractivity contribution in [3.63, 3.8) is 0 Å². The van der Waals surface area contributed by atoms with Crippen molar-refractivity contribution in [1.29, 1.82) is 0 Å². The van der Waals surface area contributed by atoms with Crippen LogP contribution < -0.4 is 4.90 Å². The third-order valence-electron chi connectivity index (χ3n) is 3.69. The van der Waals surface area contributed by atoms with E-state index in [1.807, 2.05) is 6.92 Å². The first-order chi connectivity index (χ1) is 9.61. The van der Waals surface area contributed by atoms with E-state index in [1.54, 1.807) is 23.1 Å². The normalized spacial score (nSPS) is 14.4. The van der Waals surface area contributed by atoms with Crippen LogP contribution in [0.3, 0.4) is 0 Å². The number of fused-ring (bicyclic) bond motifs is 1. The molecule has 1 aliphatic rings. The average Bonchev–Trinajstić information content (AvgIpc) is 3.01. The average molecular weight is 292 g/mol. The van der Waals surface area contributed by atoms with E-state index in [2.05, 4.69) is 21.4 Å². The van der Waals surface area contributed by atoms with Crippen molar-refractivity contribution in [2.75, 3.05) is 11.4 Å². The summed E-state index contributed by atoms with van der Waals surface area (Å²) in [4.78, 5) is 14.5. The number of rotatable bonds is 3. The Morgan fingerprint density at radius 3 is 3.05 bits per heavy atom. The van der Waals surface area contributed by atoms with Crippen molar-refractivity contribution < 1.29 is 4.92 Å². The van der Waals surface area contributed by atoms with Gasteiger partial charge in [0.1, 0.15) is 5.69 Å². The summed E-state index contributed by atoms with van der Waals surface area (Å²) in [5.74, 6) is 0.628. The molecule has 6 nitrogen and oxygen atoms in total. The van der Waals surface area contributed by atoms with E-state index in [4.69, 9.17) is 0 Å². The minimum Gasteiger partial charge on any atom is -0.346 e. The lowest BCUT2D eigenvalue weighted by Gasteiger charge is -2.27. The number of nitrogens with zero attached hydrogens (tertiary/aromatic N) is 4. The Hall–Kier alpha value is -1.89. The fraction of sp³-hybridized carbons (Fsp3) is 0.462. The van der Waals surface area contributed by atoms with Gasteiger partial charge in [0, 0.05) is 25.0 Å². The molecule has 106 valence electrons. The number of hydrogen-bond acceptors (Lipinski definition) is 5. The number of nitro groups is 1. The van der Waals surface area contributed by atoms with E-state index in [-0.39, 0.29) is 10.6 Å². The van der Waals surface area contributed by atoms with Crippen LogP contribution in [0, 0.1) is 10.1 Å². The summed E-state index contributed by atoms with van der Waals surface area (Å²) in [6, 6.07) is 2.11. The predicted octanol–water partition coefficient (Wildman–Crippen LogP) is 2.51. The Morgan fingerprint density at radius 1 is 1.55 bits per heavy atom. The zero-order valence-electron chi connectivity index (χ0n) is 11.5. The molecule has 0 saturated heterocycles. The lowest BCUT2D eigenvalue weighted by molar-refractivity contribution is -0.384. The van der Waals surface area contributed by atoms with Gasteiger partial charge in [-0.3, -0.25) is 10.1 Å². The fourth-order valence-electron chi connectivity index (χ4n) is 2.77. The maximum absolute atomic E-state index is 11.4. The SMILES string of the molecule is CCc1nn(C)c(N2CCc3sccc3C2)c1[N+](=O)[O-]. The third kappa shape index (κ3) is 1.98. The highest BCUT2D eigenvalue weighted by atomic mass is 32.1. The van der Waals surface area contributed by atoms with Gasteiger partial charge in [0.25, 0.3) is 0 Å². The molecule has 0 aliphatic carbocycles. The summed E-state index contributed by atoms with van der Waals surface area (Å²) >= 11 is 1.76. The lowest BCUT2D eigenvalue weighted by atomic mass is 10.1. The first-order valence-electron chi connectivity index (χ1n) is 6.62. The summed E-state index contributed by atoms with van der Waals surface area (Å²) in [6.07, 6.45) is 1.51. The van der Waals surface area contributed by atoms with Gasteiger partial charge >= 0.3 is 5.69 Å². The Kier molecular flexibility index (Phi) is 3.21. The highest BCUT2D eigenvalue weighted by molar-refractivity contribution is 7.10. The summed E-state index contributed by atoms with van der Waals surface area (Å²) in [7, 11) is 1.78. The summed E-state index contributed by atoms with van der Waals surface area (Å²) in [5.41, 5.74) is 1.99. The van der Waals surface area contributed by atoms with Gasteiger partial charge in [0.2, 0.25) is 5.82 Å². The predicted molar refractivity (Wildman–Crippen MR) is 78.3 cm³/mol. The van der Waals surface area contributed by atoms with Gasteiger partial charge in [-0.1, -0.05) is 6.92 Å². The van der Waals surface area contributed by atoms with Crippen LogP contribution in [-0.4, -0.2) is 21.2 Å². The molecule has 0 aromatic carbocycles. The van der Waals surface area contributed by atoms with Crippen LogP contribution in [-0.2, 0) is 26.4 Å². The fourth-order valence-corrected chi connectivity index (χ4v) is 3.66. The standard InChI is InChI=1S/C13H16N4O2S/c1-3-10-12(17(18)19)13(15(2)14-10)16-6-4-11-9(8-16)5-7-20-11/h5,7H,3-4,6,8H2,1-2H3. The maximum Gasteiger partial charge on any atom is 0.334 e. The Labute approximate surface area is 120 Å². The molecule has 2 aromatic rings. The maximum atomic E-state index is 11.4. The van der Waals surface area contributed by atoms with E-state index in [0.29, 0.717) is 17.9 Å². The highest BCUT2D eigenvalue weighted by Crippen LogP contribution is 2.35. The van der Waals surface area contributed by atoms with Crippen molar-refractivity contribution in [2.45, 2.75) is 26.3 Å². The van der Waals surface area contributed by atoms with Gasteiger partial charge in [0.15, 0.2) is 0 Å². The van der Waals surface area contributed by atoms with Crippen LogP contribution in [0.25, 0.3) is 0 Å². The Morgan fingerprint density at radius 2 is 2.35 bits per heavy atom. The second kappa shape index (κ2) is 4.90. The van der Waals surface area contributed by atoms with Gasteiger partial charge in [-0.2, -0.15) is 5.10 Å². The summed E-state index contributed by atoms with van der Waals surface area (Å²) in [5, 5.41) is 17.8. The minimum atomic E-state index is -0.301. The molecule has 1 aliphatic heterocycles. The van der Waals surface area contributed by atoms with Crippen molar-refractivity contribution in [3.05, 3.63) is 37.7 Å². The topological polar surface area (TPSA) is 64.2 Å². The molecule has 3 heterocycles. The van der Waals surface area contributed by atoms with E-state index in [0.717, 1.165) is 19.5 Å². The molecule has 0 atom stereocenters. The first-order valence-corrected chi connectivity index (χ1v) is 7.50. The van der Waals surface area contributed by atoms with Gasteiger partial charge in [-0.05, 0) is 29.9 Å². The van der Waals surface area contributed by atoms with E-state index >= 15 is 0 Å². The molecule has 0 spiro atoms. The van der Waals surface area contributed by atoms with Crippen molar-refractivity contribution in [3.8, 4) is 0 Å². The molecule has 2 aromatic heterocycles. The monoisotopic (exact) mass is 292 g/mol. The molecular weight excluding hydrogens is 276 g/mol. The molecule has 0 radical (unpaired) electrons. The molecule has 0 unspecified atom stereocenters. The molecule has 0 N–H and O–H groups in total. The quantitative estimate of drug-likeness (QED) is 0.644. The van der Waals surface area contributed by atoms with Gasteiger partial charge in [-0.15, -0.1) is 11.3 Å². The number of hydrogen-bond donors (Lipinski definition) is 0. The van der Waals surface area contributed by atoms with Crippen LogP contribution in [0.1, 0.15) is 23.1 Å². The van der Waals surface area contributed by atoms with Crippen molar-refractivity contribution >= 4 is 22.8 Å². The molecule has 7 heteroatoms. The molecule has 3 rings (SSSR count). The van der Waals surface area contributed by atoms with Crippen LogP contribution in [0.15, 0.2) is 11.4 Å². The van der Waals surface area contributed by atoms with Crippen LogP contribution in [0.2, 0.25) is 0 Å². The van der Waals surface area contributed by atoms with E-state index < -0.39 is 0 Å². The largest absolute Gasteiger partial charge is 0.346 e. The molecule has 20 heavy (non-hydrogen) atoms. The molecule has 0 bridgehead atoms. The van der Waals surface area contributed by atoms with Crippen LogP contribution in [0.5, 0.6) is 0 Å². The second-order valence-electron chi connectivity index (χ2n) is 4.89. The van der Waals surface area contributed by atoms with E-state index in [1.165, 1.54) is 10.4 Å².